The number of halogens is 1. The molecule has 0 aromatic carbocycles. The first-order chi connectivity index (χ1) is 8.95. The van der Waals surface area contributed by atoms with E-state index in [1.165, 1.54) is 11.3 Å². The summed E-state index contributed by atoms with van der Waals surface area (Å²) in [4.78, 5) is 0.901. The molecular weight excluding hydrogens is 354 g/mol. The maximum atomic E-state index is 12.2. The lowest BCUT2D eigenvalue weighted by Crippen LogP contribution is -2.24. The molecule has 104 valence electrons. The molecule has 0 radical (unpaired) electrons. The molecule has 0 bridgehead atoms. The molecule has 0 spiro atoms. The molecule has 0 aliphatic heterocycles. The summed E-state index contributed by atoms with van der Waals surface area (Å²) >= 11 is 4.80. The monoisotopic (exact) mass is 365 g/mol. The van der Waals surface area contributed by atoms with Crippen molar-refractivity contribution in [3.63, 3.8) is 0 Å². The summed E-state index contributed by atoms with van der Waals surface area (Å²) in [5.74, 6) is 0. The van der Waals surface area contributed by atoms with Crippen LogP contribution in [0, 0.1) is 6.92 Å². The number of nitrogens with zero attached hydrogens (tertiary/aromatic N) is 1. The maximum Gasteiger partial charge on any atom is 0.244 e. The van der Waals surface area contributed by atoms with E-state index in [-0.39, 0.29) is 17.1 Å². The zero-order valence-corrected chi connectivity index (χ0v) is 13.2. The van der Waals surface area contributed by atoms with Gasteiger partial charge in [-0.25, -0.2) is 13.1 Å². The van der Waals surface area contributed by atoms with Gasteiger partial charge >= 0.3 is 0 Å². The van der Waals surface area contributed by atoms with Crippen LogP contribution in [0.15, 0.2) is 20.8 Å². The summed E-state index contributed by atoms with van der Waals surface area (Å²) in [6.45, 7) is 1.36. The number of thiophene rings is 1. The number of aromatic nitrogens is 2. The van der Waals surface area contributed by atoms with Crippen molar-refractivity contribution in [2.75, 3.05) is 0 Å². The Labute approximate surface area is 123 Å². The van der Waals surface area contributed by atoms with Crippen LogP contribution in [-0.4, -0.2) is 23.7 Å². The fourth-order valence-electron chi connectivity index (χ4n) is 1.62. The molecule has 6 nitrogen and oxygen atoms in total. The van der Waals surface area contributed by atoms with Gasteiger partial charge in [-0.1, -0.05) is 0 Å². The van der Waals surface area contributed by atoms with Crippen LogP contribution >= 0.6 is 27.3 Å². The van der Waals surface area contributed by atoms with Crippen LogP contribution in [0.25, 0.3) is 0 Å². The highest BCUT2D eigenvalue weighted by atomic mass is 79.9. The van der Waals surface area contributed by atoms with Crippen molar-refractivity contribution in [2.45, 2.75) is 25.0 Å². The Morgan fingerprint density at radius 1 is 1.58 bits per heavy atom. The third kappa shape index (κ3) is 3.06. The van der Waals surface area contributed by atoms with Crippen molar-refractivity contribution in [1.29, 1.82) is 0 Å². The van der Waals surface area contributed by atoms with Gasteiger partial charge in [-0.3, -0.25) is 5.10 Å². The second-order valence-electron chi connectivity index (χ2n) is 3.80. The van der Waals surface area contributed by atoms with Crippen LogP contribution in [0.1, 0.15) is 16.3 Å². The van der Waals surface area contributed by atoms with Gasteiger partial charge in [-0.2, -0.15) is 5.10 Å². The molecule has 0 saturated carbocycles. The Bertz CT molecular complexity index is 678. The zero-order chi connectivity index (χ0) is 14.0. The Hall–Kier alpha value is -0.740. The first-order valence-electron chi connectivity index (χ1n) is 5.32. The quantitative estimate of drug-likeness (QED) is 0.748. The van der Waals surface area contributed by atoms with Gasteiger partial charge in [0.05, 0.1) is 12.3 Å². The second kappa shape index (κ2) is 5.71. The molecule has 0 aliphatic rings. The summed E-state index contributed by atoms with van der Waals surface area (Å²) in [5, 5.41) is 17.3. The predicted molar refractivity (Wildman–Crippen MR) is 75.3 cm³/mol. The lowest BCUT2D eigenvalue weighted by atomic mass is 10.4. The molecule has 0 aliphatic carbocycles. The number of aromatic amines is 1. The van der Waals surface area contributed by atoms with Crippen LogP contribution in [-0.2, 0) is 23.2 Å². The number of hydrogen-bond acceptors (Lipinski definition) is 5. The number of hydrogen-bond donors (Lipinski definition) is 3. The molecule has 2 rings (SSSR count). The first-order valence-corrected chi connectivity index (χ1v) is 8.47. The first kappa shape index (κ1) is 14.7. The third-order valence-corrected chi connectivity index (χ3v) is 6.02. The Morgan fingerprint density at radius 3 is 2.89 bits per heavy atom. The molecule has 19 heavy (non-hydrogen) atoms. The van der Waals surface area contributed by atoms with Crippen molar-refractivity contribution in [1.82, 2.24) is 14.9 Å². The van der Waals surface area contributed by atoms with Gasteiger partial charge < -0.3 is 5.11 Å². The van der Waals surface area contributed by atoms with Crippen LogP contribution in [0.5, 0.6) is 0 Å². The number of aliphatic hydroxyl groups excluding tert-OH is 1. The van der Waals surface area contributed by atoms with Crippen molar-refractivity contribution >= 4 is 37.3 Å². The average molecular weight is 366 g/mol. The van der Waals surface area contributed by atoms with Gasteiger partial charge in [-0.05, 0) is 34.3 Å². The summed E-state index contributed by atoms with van der Waals surface area (Å²) in [6.07, 6.45) is 0. The van der Waals surface area contributed by atoms with Gasteiger partial charge in [0.15, 0.2) is 0 Å². The van der Waals surface area contributed by atoms with E-state index >= 15 is 0 Å². The number of aliphatic hydroxyl groups is 1. The lowest BCUT2D eigenvalue weighted by Gasteiger charge is -2.06. The summed E-state index contributed by atoms with van der Waals surface area (Å²) in [7, 11) is -3.70. The average Bonchev–Trinajstić information content (AvgIpc) is 2.93. The normalized spacial score (nSPS) is 11.9. The summed E-state index contributed by atoms with van der Waals surface area (Å²) < 4.78 is 27.8. The van der Waals surface area contributed by atoms with E-state index < -0.39 is 16.6 Å². The van der Waals surface area contributed by atoms with Gasteiger partial charge in [0.25, 0.3) is 0 Å². The third-order valence-electron chi connectivity index (χ3n) is 2.49. The predicted octanol–water partition coefficient (Wildman–Crippen LogP) is 1.51. The Balaban J connectivity index is 2.23. The van der Waals surface area contributed by atoms with Gasteiger partial charge in [0.1, 0.15) is 10.6 Å². The van der Waals surface area contributed by atoms with E-state index in [2.05, 4.69) is 30.8 Å². The molecule has 0 amide bonds. The molecule has 2 aromatic heterocycles. The lowest BCUT2D eigenvalue weighted by molar-refractivity contribution is 0.273. The molecule has 2 aromatic rings. The molecule has 0 fully saturated rings. The highest BCUT2D eigenvalue weighted by Gasteiger charge is 2.23. The standard InChI is InChI=1S/C10H12BrN3O3S2/c1-6-10(8(5-15)14-13-6)19(16,17)12-4-9-7(11)2-3-18-9/h2-3,12,15H,4-5H2,1H3,(H,13,14). The van der Waals surface area contributed by atoms with Crippen molar-refractivity contribution in [3.05, 3.63) is 32.2 Å². The smallest absolute Gasteiger partial charge is 0.244 e. The van der Waals surface area contributed by atoms with E-state index in [9.17, 15) is 8.42 Å². The van der Waals surface area contributed by atoms with Gasteiger partial charge in [-0.15, -0.1) is 11.3 Å². The highest BCUT2D eigenvalue weighted by molar-refractivity contribution is 9.10. The minimum atomic E-state index is -3.70. The van der Waals surface area contributed by atoms with Crippen molar-refractivity contribution in [2.24, 2.45) is 0 Å². The molecular formula is C10H12BrN3O3S2. The van der Waals surface area contributed by atoms with Gasteiger partial charge in [0, 0.05) is 15.9 Å². The molecule has 2 heterocycles. The van der Waals surface area contributed by atoms with Gasteiger partial charge in [0.2, 0.25) is 10.0 Å². The molecule has 0 unspecified atom stereocenters. The highest BCUT2D eigenvalue weighted by Crippen LogP contribution is 2.23. The number of H-pyrrole nitrogens is 1. The van der Waals surface area contributed by atoms with Crippen LogP contribution < -0.4 is 4.72 Å². The number of sulfonamides is 1. The zero-order valence-electron chi connectivity index (χ0n) is 9.97. The largest absolute Gasteiger partial charge is 0.390 e. The van der Waals surface area contributed by atoms with Crippen LogP contribution in [0.4, 0.5) is 0 Å². The molecule has 0 atom stereocenters. The molecule has 3 N–H and O–H groups in total. The fraction of sp³-hybridized carbons (Fsp3) is 0.300. The van der Waals surface area contributed by atoms with E-state index in [0.29, 0.717) is 5.69 Å². The SMILES string of the molecule is Cc1[nH]nc(CO)c1S(=O)(=O)NCc1sccc1Br. The second-order valence-corrected chi connectivity index (χ2v) is 7.36. The number of aryl methyl sites for hydroxylation is 1. The minimum absolute atomic E-state index is 0.0164. The molecule has 9 heteroatoms. The Kier molecular flexibility index (Phi) is 4.41. The van der Waals surface area contributed by atoms with Crippen molar-refractivity contribution < 1.29 is 13.5 Å². The summed E-state index contributed by atoms with van der Waals surface area (Å²) in [5.41, 5.74) is 0.525. The number of nitrogens with one attached hydrogen (secondary N) is 2. The number of rotatable bonds is 5. The summed E-state index contributed by atoms with van der Waals surface area (Å²) in [6, 6.07) is 1.86. The van der Waals surface area contributed by atoms with E-state index in [0.717, 1.165) is 9.35 Å². The topological polar surface area (TPSA) is 95.1 Å². The molecule has 0 saturated heterocycles. The Morgan fingerprint density at radius 2 is 2.32 bits per heavy atom. The van der Waals surface area contributed by atoms with E-state index in [4.69, 9.17) is 5.11 Å². The van der Waals surface area contributed by atoms with Crippen molar-refractivity contribution in [3.8, 4) is 0 Å². The maximum absolute atomic E-state index is 12.2. The minimum Gasteiger partial charge on any atom is -0.390 e. The van der Waals surface area contributed by atoms with Crippen LogP contribution in [0.3, 0.4) is 0 Å². The van der Waals surface area contributed by atoms with E-state index in [1.807, 2.05) is 11.4 Å². The van der Waals surface area contributed by atoms with E-state index in [1.54, 1.807) is 6.92 Å². The fourth-order valence-corrected chi connectivity index (χ4v) is 4.49. The van der Waals surface area contributed by atoms with Crippen LogP contribution in [0.2, 0.25) is 0 Å².